The first-order chi connectivity index (χ1) is 9.65. The summed E-state index contributed by atoms with van der Waals surface area (Å²) in [5, 5.41) is 0.537. The Morgan fingerprint density at radius 2 is 2.15 bits per heavy atom. The quantitative estimate of drug-likeness (QED) is 0.686. The van der Waals surface area contributed by atoms with E-state index in [1.807, 2.05) is 35.9 Å². The van der Waals surface area contributed by atoms with Gasteiger partial charge in [-0.15, -0.1) is 11.6 Å². The second-order valence-corrected chi connectivity index (χ2v) is 5.76. The summed E-state index contributed by atoms with van der Waals surface area (Å²) in [6.45, 7) is 3.55. The molecule has 0 radical (unpaired) electrons. The summed E-state index contributed by atoms with van der Waals surface area (Å²) in [6, 6.07) is 5.73. The van der Waals surface area contributed by atoms with Crippen LogP contribution < -0.4 is 0 Å². The van der Waals surface area contributed by atoms with E-state index < -0.39 is 0 Å². The summed E-state index contributed by atoms with van der Waals surface area (Å²) in [4.78, 5) is 8.64. The molecule has 4 nitrogen and oxygen atoms in total. The summed E-state index contributed by atoms with van der Waals surface area (Å²) >= 11 is 12.3. The molecule has 2 heterocycles. The molecule has 2 aromatic heterocycles. The molecule has 3 aromatic rings. The Morgan fingerprint density at radius 1 is 1.30 bits per heavy atom. The monoisotopic (exact) mass is 308 g/mol. The molecule has 1 aromatic carbocycles. The molecule has 0 spiro atoms. The fraction of sp³-hybridized carbons (Fsp3) is 0.286. The van der Waals surface area contributed by atoms with Crippen molar-refractivity contribution < 1.29 is 0 Å². The molecule has 0 bridgehead atoms. The van der Waals surface area contributed by atoms with E-state index in [9.17, 15) is 0 Å². The van der Waals surface area contributed by atoms with E-state index in [1.54, 1.807) is 12.5 Å². The van der Waals surface area contributed by atoms with Gasteiger partial charge in [-0.1, -0.05) is 11.6 Å². The van der Waals surface area contributed by atoms with Gasteiger partial charge in [-0.05, 0) is 25.1 Å². The fourth-order valence-corrected chi connectivity index (χ4v) is 2.63. The molecule has 0 amide bonds. The van der Waals surface area contributed by atoms with Crippen molar-refractivity contribution in [2.75, 3.05) is 0 Å². The van der Waals surface area contributed by atoms with E-state index in [0.29, 0.717) is 5.02 Å². The van der Waals surface area contributed by atoms with Gasteiger partial charge in [-0.3, -0.25) is 0 Å². The lowest BCUT2D eigenvalue weighted by Crippen LogP contribution is -2.09. The minimum Gasteiger partial charge on any atom is -0.336 e. The number of hydrogen-bond acceptors (Lipinski definition) is 2. The first-order valence-corrected chi connectivity index (χ1v) is 7.22. The lowest BCUT2D eigenvalue weighted by Gasteiger charge is -2.10. The normalized spacial score (nSPS) is 12.9. The van der Waals surface area contributed by atoms with Crippen molar-refractivity contribution in [3.63, 3.8) is 0 Å². The van der Waals surface area contributed by atoms with Gasteiger partial charge in [0, 0.05) is 30.5 Å². The van der Waals surface area contributed by atoms with Crippen LogP contribution in [0.15, 0.2) is 36.9 Å². The zero-order valence-electron chi connectivity index (χ0n) is 11.0. The average molecular weight is 309 g/mol. The van der Waals surface area contributed by atoms with Crippen LogP contribution in [0, 0.1) is 0 Å². The number of hydrogen-bond donors (Lipinski definition) is 0. The predicted molar refractivity (Wildman–Crippen MR) is 81.2 cm³/mol. The molecule has 0 aliphatic carbocycles. The zero-order chi connectivity index (χ0) is 14.1. The Labute approximate surface area is 127 Å². The van der Waals surface area contributed by atoms with Crippen molar-refractivity contribution in [3.8, 4) is 0 Å². The standard InChI is InChI=1S/C14H14Cl2N4/c1-10(15)14-18-12-8-11(16)2-3-13(12)20(14)7-6-19-5-4-17-9-19/h2-5,8-10H,6-7H2,1H3. The molecule has 1 atom stereocenters. The van der Waals surface area contributed by atoms with Crippen molar-refractivity contribution in [2.45, 2.75) is 25.4 Å². The highest BCUT2D eigenvalue weighted by molar-refractivity contribution is 6.31. The largest absolute Gasteiger partial charge is 0.336 e. The number of nitrogens with zero attached hydrogens (tertiary/aromatic N) is 4. The first-order valence-electron chi connectivity index (χ1n) is 6.40. The van der Waals surface area contributed by atoms with Gasteiger partial charge in [0.05, 0.1) is 22.7 Å². The molecule has 0 fully saturated rings. The Kier molecular flexibility index (Phi) is 3.68. The molecular formula is C14H14Cl2N4. The smallest absolute Gasteiger partial charge is 0.127 e. The maximum atomic E-state index is 6.24. The lowest BCUT2D eigenvalue weighted by atomic mass is 10.3. The lowest BCUT2D eigenvalue weighted by molar-refractivity contribution is 0.569. The van der Waals surface area contributed by atoms with Gasteiger partial charge in [0.25, 0.3) is 0 Å². The van der Waals surface area contributed by atoms with Gasteiger partial charge < -0.3 is 9.13 Å². The molecule has 0 saturated carbocycles. The van der Waals surface area contributed by atoms with Crippen molar-refractivity contribution in [2.24, 2.45) is 0 Å². The molecule has 3 rings (SSSR count). The van der Waals surface area contributed by atoms with Crippen LogP contribution in [-0.4, -0.2) is 19.1 Å². The predicted octanol–water partition coefficient (Wildman–Crippen LogP) is 3.89. The number of fused-ring (bicyclic) bond motifs is 1. The molecule has 6 heteroatoms. The number of imidazole rings is 2. The van der Waals surface area contributed by atoms with Gasteiger partial charge in [0.1, 0.15) is 5.82 Å². The number of aryl methyl sites for hydroxylation is 2. The Morgan fingerprint density at radius 3 is 2.85 bits per heavy atom. The van der Waals surface area contributed by atoms with Crippen LogP contribution in [0.5, 0.6) is 0 Å². The fourth-order valence-electron chi connectivity index (χ4n) is 2.29. The summed E-state index contributed by atoms with van der Waals surface area (Å²) in [5.41, 5.74) is 1.93. The van der Waals surface area contributed by atoms with Crippen LogP contribution in [0.3, 0.4) is 0 Å². The van der Waals surface area contributed by atoms with E-state index in [1.165, 1.54) is 0 Å². The van der Waals surface area contributed by atoms with Crippen LogP contribution in [0.25, 0.3) is 11.0 Å². The Hall–Kier alpha value is -1.52. The van der Waals surface area contributed by atoms with Crippen molar-refractivity contribution in [1.29, 1.82) is 0 Å². The third-order valence-corrected chi connectivity index (χ3v) is 3.67. The summed E-state index contributed by atoms with van der Waals surface area (Å²) < 4.78 is 4.17. The minimum absolute atomic E-state index is 0.149. The van der Waals surface area contributed by atoms with E-state index in [0.717, 1.165) is 29.9 Å². The van der Waals surface area contributed by atoms with Gasteiger partial charge in [0.2, 0.25) is 0 Å². The molecule has 0 saturated heterocycles. The Bertz CT molecular complexity index is 716. The maximum Gasteiger partial charge on any atom is 0.127 e. The number of benzene rings is 1. The number of alkyl halides is 1. The molecule has 0 N–H and O–H groups in total. The van der Waals surface area contributed by atoms with Crippen molar-refractivity contribution in [1.82, 2.24) is 19.1 Å². The topological polar surface area (TPSA) is 35.6 Å². The van der Waals surface area contributed by atoms with Crippen LogP contribution in [-0.2, 0) is 13.1 Å². The zero-order valence-corrected chi connectivity index (χ0v) is 12.5. The molecule has 0 aliphatic heterocycles. The number of rotatable bonds is 4. The number of halogens is 2. The first kappa shape index (κ1) is 13.5. The minimum atomic E-state index is -0.149. The Balaban J connectivity index is 2.00. The second-order valence-electron chi connectivity index (χ2n) is 4.67. The van der Waals surface area contributed by atoms with Crippen molar-refractivity contribution in [3.05, 3.63) is 47.8 Å². The highest BCUT2D eigenvalue weighted by atomic mass is 35.5. The highest BCUT2D eigenvalue weighted by Gasteiger charge is 2.15. The summed E-state index contributed by atoms with van der Waals surface area (Å²) in [6.07, 6.45) is 5.52. The number of aromatic nitrogens is 4. The van der Waals surface area contributed by atoms with Crippen LogP contribution >= 0.6 is 23.2 Å². The second kappa shape index (κ2) is 5.46. The van der Waals surface area contributed by atoms with Crippen molar-refractivity contribution >= 4 is 34.2 Å². The van der Waals surface area contributed by atoms with Crippen LogP contribution in [0.2, 0.25) is 5.02 Å². The summed E-state index contributed by atoms with van der Waals surface area (Å²) in [5.74, 6) is 0.865. The molecule has 0 aliphatic rings. The summed E-state index contributed by atoms with van der Waals surface area (Å²) in [7, 11) is 0. The van der Waals surface area contributed by atoms with E-state index in [2.05, 4.69) is 14.5 Å². The van der Waals surface area contributed by atoms with Crippen LogP contribution in [0.1, 0.15) is 18.1 Å². The van der Waals surface area contributed by atoms with E-state index in [4.69, 9.17) is 23.2 Å². The van der Waals surface area contributed by atoms with Gasteiger partial charge in [-0.2, -0.15) is 0 Å². The van der Waals surface area contributed by atoms with E-state index >= 15 is 0 Å². The third-order valence-electron chi connectivity index (χ3n) is 3.24. The highest BCUT2D eigenvalue weighted by Crippen LogP contribution is 2.26. The molecular weight excluding hydrogens is 295 g/mol. The van der Waals surface area contributed by atoms with Gasteiger partial charge in [-0.25, -0.2) is 9.97 Å². The maximum absolute atomic E-state index is 6.24. The molecule has 20 heavy (non-hydrogen) atoms. The third kappa shape index (κ3) is 2.53. The van der Waals surface area contributed by atoms with E-state index in [-0.39, 0.29) is 5.38 Å². The molecule has 104 valence electrons. The van der Waals surface area contributed by atoms with Gasteiger partial charge in [0.15, 0.2) is 0 Å². The van der Waals surface area contributed by atoms with Gasteiger partial charge >= 0.3 is 0 Å². The van der Waals surface area contributed by atoms with Crippen LogP contribution in [0.4, 0.5) is 0 Å². The SMILES string of the molecule is CC(Cl)c1nc2cc(Cl)ccc2n1CCn1ccnc1. The average Bonchev–Trinajstić information content (AvgIpc) is 3.02. The molecule has 1 unspecified atom stereocenters.